The van der Waals surface area contributed by atoms with E-state index in [9.17, 15) is 9.59 Å². The second-order valence-corrected chi connectivity index (χ2v) is 8.11. The van der Waals surface area contributed by atoms with Gasteiger partial charge in [0.1, 0.15) is 0 Å². The first kappa shape index (κ1) is 22.7. The van der Waals surface area contributed by atoms with Crippen LogP contribution in [0.4, 0.5) is 16.2 Å². The molecule has 6 nitrogen and oxygen atoms in total. The molecule has 0 aromatic heterocycles. The molecule has 2 aromatic carbocycles. The zero-order chi connectivity index (χ0) is 22.2. The van der Waals surface area contributed by atoms with E-state index in [0.29, 0.717) is 24.3 Å². The lowest BCUT2D eigenvalue weighted by molar-refractivity contribution is 0.0755. The van der Waals surface area contributed by atoms with Crippen molar-refractivity contribution in [3.63, 3.8) is 0 Å². The molecule has 0 saturated carbocycles. The van der Waals surface area contributed by atoms with Crippen molar-refractivity contribution in [2.24, 2.45) is 0 Å². The summed E-state index contributed by atoms with van der Waals surface area (Å²) in [4.78, 5) is 31.4. The minimum atomic E-state index is -0.0958. The number of nitrogens with one attached hydrogen (secondary N) is 1. The summed E-state index contributed by atoms with van der Waals surface area (Å²) in [5.74, 6) is 0.0499. The Morgan fingerprint density at radius 2 is 1.58 bits per heavy atom. The fraction of sp³-hybridized carbons (Fsp3) is 0.440. The van der Waals surface area contributed by atoms with Crippen LogP contribution in [0.3, 0.4) is 0 Å². The van der Waals surface area contributed by atoms with Gasteiger partial charge in [-0.25, -0.2) is 4.79 Å². The number of piperazine rings is 1. The number of benzene rings is 2. The van der Waals surface area contributed by atoms with E-state index in [1.807, 2.05) is 21.9 Å². The summed E-state index contributed by atoms with van der Waals surface area (Å²) in [5, 5.41) is 2.96. The van der Waals surface area contributed by atoms with Crippen LogP contribution in [-0.4, -0.2) is 61.0 Å². The molecule has 1 heterocycles. The van der Waals surface area contributed by atoms with Crippen LogP contribution < -0.4 is 10.2 Å². The first-order valence-corrected chi connectivity index (χ1v) is 11.3. The van der Waals surface area contributed by atoms with Crippen LogP contribution in [0.25, 0.3) is 0 Å². The molecule has 31 heavy (non-hydrogen) atoms. The Bertz CT molecular complexity index is 867. The average Bonchev–Trinajstić information content (AvgIpc) is 2.79. The molecule has 3 rings (SSSR count). The van der Waals surface area contributed by atoms with Crippen molar-refractivity contribution in [1.82, 2.24) is 9.80 Å². The number of carbonyl (C=O) groups is 2. The molecule has 3 amide bonds. The fourth-order valence-electron chi connectivity index (χ4n) is 3.93. The summed E-state index contributed by atoms with van der Waals surface area (Å²) >= 11 is 0. The standard InChI is InChI=1S/C25H34N4O2/c1-4-13-28(14-5-2)24(30)21-9-11-22(12-10-21)26-25(31)29-17-15-27(16-18-29)23-8-6-7-20(3)19-23/h6-12,19H,4-5,13-18H2,1-3H3,(H,26,31). The molecule has 0 unspecified atom stereocenters. The van der Waals surface area contributed by atoms with Crippen LogP contribution in [0, 0.1) is 6.92 Å². The highest BCUT2D eigenvalue weighted by molar-refractivity contribution is 5.95. The minimum Gasteiger partial charge on any atom is -0.368 e. The van der Waals surface area contributed by atoms with Crippen molar-refractivity contribution in [1.29, 1.82) is 0 Å². The highest BCUT2D eigenvalue weighted by Gasteiger charge is 2.21. The summed E-state index contributed by atoms with van der Waals surface area (Å²) in [5.41, 5.74) is 3.82. The highest BCUT2D eigenvalue weighted by Crippen LogP contribution is 2.19. The van der Waals surface area contributed by atoms with Gasteiger partial charge in [-0.2, -0.15) is 0 Å². The van der Waals surface area contributed by atoms with Gasteiger partial charge in [0.15, 0.2) is 0 Å². The lowest BCUT2D eigenvalue weighted by Crippen LogP contribution is -2.50. The van der Waals surface area contributed by atoms with E-state index in [1.165, 1.54) is 11.3 Å². The number of amides is 3. The van der Waals surface area contributed by atoms with Gasteiger partial charge >= 0.3 is 6.03 Å². The number of urea groups is 1. The largest absolute Gasteiger partial charge is 0.368 e. The number of carbonyl (C=O) groups excluding carboxylic acids is 2. The van der Waals surface area contributed by atoms with Crippen molar-refractivity contribution >= 4 is 23.3 Å². The van der Waals surface area contributed by atoms with Gasteiger partial charge in [-0.15, -0.1) is 0 Å². The van der Waals surface area contributed by atoms with Crippen molar-refractivity contribution in [3.8, 4) is 0 Å². The zero-order valence-electron chi connectivity index (χ0n) is 18.9. The van der Waals surface area contributed by atoms with Gasteiger partial charge in [0.05, 0.1) is 0 Å². The van der Waals surface area contributed by atoms with E-state index in [-0.39, 0.29) is 11.9 Å². The van der Waals surface area contributed by atoms with E-state index in [0.717, 1.165) is 39.0 Å². The first-order valence-electron chi connectivity index (χ1n) is 11.3. The van der Waals surface area contributed by atoms with Gasteiger partial charge in [-0.3, -0.25) is 4.79 Å². The minimum absolute atomic E-state index is 0.0499. The summed E-state index contributed by atoms with van der Waals surface area (Å²) in [6.45, 7) is 10.8. The van der Waals surface area contributed by atoms with Crippen LogP contribution in [0.5, 0.6) is 0 Å². The van der Waals surface area contributed by atoms with Crippen LogP contribution in [0.15, 0.2) is 48.5 Å². The fourth-order valence-corrected chi connectivity index (χ4v) is 3.93. The third-order valence-corrected chi connectivity index (χ3v) is 5.59. The number of nitrogens with zero attached hydrogens (tertiary/aromatic N) is 3. The second-order valence-electron chi connectivity index (χ2n) is 8.11. The summed E-state index contributed by atoms with van der Waals surface area (Å²) in [6, 6.07) is 15.6. The van der Waals surface area contributed by atoms with Crippen molar-refractivity contribution in [2.75, 3.05) is 49.5 Å². The van der Waals surface area contributed by atoms with Gasteiger partial charge in [0, 0.05) is 56.2 Å². The van der Waals surface area contributed by atoms with E-state index in [1.54, 1.807) is 12.1 Å². The number of aryl methyl sites for hydroxylation is 1. The van der Waals surface area contributed by atoms with Crippen molar-refractivity contribution in [2.45, 2.75) is 33.6 Å². The number of rotatable bonds is 7. The summed E-state index contributed by atoms with van der Waals surface area (Å²) < 4.78 is 0. The predicted molar refractivity (Wildman–Crippen MR) is 127 cm³/mol. The zero-order valence-corrected chi connectivity index (χ0v) is 18.9. The third kappa shape index (κ3) is 6.00. The normalized spacial score (nSPS) is 13.8. The summed E-state index contributed by atoms with van der Waals surface area (Å²) in [6.07, 6.45) is 1.88. The lowest BCUT2D eigenvalue weighted by Gasteiger charge is -2.36. The van der Waals surface area contributed by atoms with Crippen LogP contribution in [0.2, 0.25) is 0 Å². The molecule has 1 saturated heterocycles. The molecular formula is C25H34N4O2. The van der Waals surface area contributed by atoms with Gasteiger partial charge in [-0.05, 0) is 61.7 Å². The number of hydrogen-bond donors (Lipinski definition) is 1. The number of anilines is 2. The molecule has 2 aromatic rings. The molecule has 0 radical (unpaired) electrons. The smallest absolute Gasteiger partial charge is 0.321 e. The van der Waals surface area contributed by atoms with E-state index in [4.69, 9.17) is 0 Å². The van der Waals surface area contributed by atoms with Crippen LogP contribution in [-0.2, 0) is 0 Å². The quantitative estimate of drug-likeness (QED) is 0.709. The molecule has 166 valence electrons. The molecule has 0 aliphatic carbocycles. The maximum Gasteiger partial charge on any atom is 0.321 e. The first-order chi connectivity index (χ1) is 15.0. The topological polar surface area (TPSA) is 55.9 Å². The van der Waals surface area contributed by atoms with Gasteiger partial charge in [-0.1, -0.05) is 26.0 Å². The van der Waals surface area contributed by atoms with Gasteiger partial charge in [0.25, 0.3) is 5.91 Å². The Labute approximate surface area is 185 Å². The SMILES string of the molecule is CCCN(CCC)C(=O)c1ccc(NC(=O)N2CCN(c3cccc(C)c3)CC2)cc1. The molecule has 1 fully saturated rings. The van der Waals surface area contributed by atoms with E-state index >= 15 is 0 Å². The molecule has 1 N–H and O–H groups in total. The van der Waals surface area contributed by atoms with Crippen molar-refractivity contribution < 1.29 is 9.59 Å². The van der Waals surface area contributed by atoms with Crippen LogP contribution >= 0.6 is 0 Å². The average molecular weight is 423 g/mol. The van der Waals surface area contributed by atoms with Gasteiger partial charge < -0.3 is 20.0 Å². The Morgan fingerprint density at radius 3 is 2.16 bits per heavy atom. The number of hydrogen-bond acceptors (Lipinski definition) is 3. The maximum atomic E-state index is 12.7. The van der Waals surface area contributed by atoms with E-state index in [2.05, 4.69) is 55.3 Å². The van der Waals surface area contributed by atoms with Crippen LogP contribution in [0.1, 0.15) is 42.6 Å². The van der Waals surface area contributed by atoms with E-state index < -0.39 is 0 Å². The Hall–Kier alpha value is -3.02. The molecule has 0 atom stereocenters. The predicted octanol–water partition coefficient (Wildman–Crippen LogP) is 4.61. The Morgan fingerprint density at radius 1 is 0.935 bits per heavy atom. The maximum absolute atomic E-state index is 12.7. The monoisotopic (exact) mass is 422 g/mol. The van der Waals surface area contributed by atoms with Crippen molar-refractivity contribution in [3.05, 3.63) is 59.7 Å². The molecule has 0 spiro atoms. The molecule has 1 aliphatic rings. The summed E-state index contributed by atoms with van der Waals surface area (Å²) in [7, 11) is 0. The second kappa shape index (κ2) is 10.8. The lowest BCUT2D eigenvalue weighted by atomic mass is 10.1. The highest BCUT2D eigenvalue weighted by atomic mass is 16.2. The Kier molecular flexibility index (Phi) is 7.93. The molecular weight excluding hydrogens is 388 g/mol. The third-order valence-electron chi connectivity index (χ3n) is 5.59. The molecule has 1 aliphatic heterocycles. The molecule has 6 heteroatoms. The molecule has 0 bridgehead atoms. The Balaban J connectivity index is 1.53. The van der Waals surface area contributed by atoms with Gasteiger partial charge in [0.2, 0.25) is 0 Å².